The van der Waals surface area contributed by atoms with Gasteiger partial charge in [0.25, 0.3) is 0 Å². The molecule has 42 heavy (non-hydrogen) atoms. The van der Waals surface area contributed by atoms with Crippen LogP contribution >= 0.6 is 0 Å². The molecule has 0 fully saturated rings. The zero-order valence-electron chi connectivity index (χ0n) is 22.6. The second-order valence-corrected chi connectivity index (χ2v) is 10.7. The van der Waals surface area contributed by atoms with Gasteiger partial charge in [0, 0.05) is 41.9 Å². The van der Waals surface area contributed by atoms with Crippen LogP contribution in [0.3, 0.4) is 0 Å². The number of carbonyl (C=O) groups excluding carboxylic acids is 1. The highest BCUT2D eigenvalue weighted by atomic mass is 19.4. The number of benzene rings is 2. The normalized spacial score (nSPS) is 16.1. The number of aromatic nitrogens is 2. The predicted molar refractivity (Wildman–Crippen MR) is 150 cm³/mol. The average molecular weight is 578 g/mol. The average Bonchev–Trinajstić information content (AvgIpc) is 3.49. The lowest BCUT2D eigenvalue weighted by atomic mass is 9.83. The number of urea groups is 1. The SMILES string of the molecule is CC1(C)CN(c2ccccc2NC(=O)NC2=CC=C(OC(F)(F)F)CC2)c2c(O)ccc(-c3nc4cnccc4o3)c21. The van der Waals surface area contributed by atoms with Gasteiger partial charge in [0.05, 0.1) is 23.3 Å². The molecule has 2 aliphatic rings. The van der Waals surface area contributed by atoms with Gasteiger partial charge in [-0.3, -0.25) is 4.98 Å². The Kier molecular flexibility index (Phi) is 6.55. The molecule has 0 radical (unpaired) electrons. The summed E-state index contributed by atoms with van der Waals surface area (Å²) in [5.41, 5.74) is 4.49. The van der Waals surface area contributed by atoms with Crippen molar-refractivity contribution in [1.82, 2.24) is 15.3 Å². The number of para-hydroxylation sites is 2. The molecule has 9 nitrogen and oxygen atoms in total. The van der Waals surface area contributed by atoms with E-state index >= 15 is 0 Å². The first-order valence-corrected chi connectivity index (χ1v) is 13.2. The van der Waals surface area contributed by atoms with Crippen LogP contribution in [0.4, 0.5) is 35.0 Å². The highest BCUT2D eigenvalue weighted by Crippen LogP contribution is 2.53. The quantitative estimate of drug-likeness (QED) is 0.229. The molecule has 0 unspecified atom stereocenters. The number of pyridine rings is 1. The van der Waals surface area contributed by atoms with Gasteiger partial charge >= 0.3 is 12.4 Å². The fraction of sp³-hybridized carbons (Fsp3) is 0.233. The van der Waals surface area contributed by atoms with E-state index in [1.807, 2.05) is 17.0 Å². The molecule has 1 aliphatic heterocycles. The van der Waals surface area contributed by atoms with Gasteiger partial charge in [-0.15, -0.1) is 13.2 Å². The summed E-state index contributed by atoms with van der Waals surface area (Å²) in [4.78, 5) is 23.6. The molecule has 0 saturated carbocycles. The topological polar surface area (TPSA) is 113 Å². The van der Waals surface area contributed by atoms with Crippen molar-refractivity contribution < 1.29 is 32.2 Å². The van der Waals surface area contributed by atoms with Crippen molar-refractivity contribution in [3.8, 4) is 17.2 Å². The summed E-state index contributed by atoms with van der Waals surface area (Å²) in [5.74, 6) is 0.253. The van der Waals surface area contributed by atoms with Gasteiger partial charge in [0.1, 0.15) is 17.0 Å². The van der Waals surface area contributed by atoms with Crippen LogP contribution in [0.15, 0.2) is 82.9 Å². The maximum atomic E-state index is 12.9. The summed E-state index contributed by atoms with van der Waals surface area (Å²) in [7, 11) is 0. The lowest BCUT2D eigenvalue weighted by Crippen LogP contribution is -2.30. The number of anilines is 3. The number of allylic oxidation sites excluding steroid dienone is 4. The number of rotatable bonds is 5. The number of fused-ring (bicyclic) bond motifs is 2. The first kappa shape index (κ1) is 27.2. The number of nitrogens with zero attached hydrogens (tertiary/aromatic N) is 3. The maximum Gasteiger partial charge on any atom is 0.572 e. The predicted octanol–water partition coefficient (Wildman–Crippen LogP) is 7.24. The summed E-state index contributed by atoms with van der Waals surface area (Å²) in [5, 5.41) is 16.6. The number of alkyl halides is 3. The highest BCUT2D eigenvalue weighted by Gasteiger charge is 2.41. The van der Waals surface area contributed by atoms with Gasteiger partial charge in [-0.2, -0.15) is 0 Å². The van der Waals surface area contributed by atoms with Crippen LogP contribution in [0.1, 0.15) is 32.3 Å². The molecule has 3 heterocycles. The maximum absolute atomic E-state index is 12.9. The summed E-state index contributed by atoms with van der Waals surface area (Å²) < 4.78 is 47.4. The largest absolute Gasteiger partial charge is 0.572 e. The number of oxazole rings is 1. The monoisotopic (exact) mass is 577 g/mol. The number of carbonyl (C=O) groups is 1. The van der Waals surface area contributed by atoms with Gasteiger partial charge in [-0.25, -0.2) is 9.78 Å². The number of halogens is 3. The van der Waals surface area contributed by atoms with E-state index in [1.165, 1.54) is 12.2 Å². The van der Waals surface area contributed by atoms with Gasteiger partial charge in [0.15, 0.2) is 5.58 Å². The molecule has 1 aliphatic carbocycles. The van der Waals surface area contributed by atoms with Gasteiger partial charge in [-0.05, 0) is 48.4 Å². The lowest BCUT2D eigenvalue weighted by Gasteiger charge is -2.25. The molecule has 12 heteroatoms. The molecular formula is C30H26F3N5O4. The van der Waals surface area contributed by atoms with Crippen LogP contribution in [0.25, 0.3) is 22.6 Å². The molecule has 2 amide bonds. The lowest BCUT2D eigenvalue weighted by molar-refractivity contribution is -0.306. The third kappa shape index (κ3) is 5.22. The molecule has 0 saturated heterocycles. The standard InChI is InChI=1S/C30H26F3N5O4/c1-29(2)16-38(26-23(39)12-11-19(25(26)29)27-36-21-15-34-14-13-24(21)41-27)22-6-4-3-5-20(22)37-28(40)35-17-7-9-18(10-8-17)42-30(31,32)33/h3-7,9,11-15,39H,8,10,16H2,1-2H3,(H2,35,37,40). The minimum absolute atomic E-state index is 0.0000638. The molecule has 0 atom stereocenters. The molecule has 0 spiro atoms. The Labute approximate surface area is 238 Å². The second-order valence-electron chi connectivity index (χ2n) is 10.7. The molecule has 4 aromatic rings. The van der Waals surface area contributed by atoms with Crippen LogP contribution < -0.4 is 15.5 Å². The van der Waals surface area contributed by atoms with E-state index in [0.717, 1.165) is 11.1 Å². The Bertz CT molecular complexity index is 1730. The van der Waals surface area contributed by atoms with Crippen molar-refractivity contribution in [2.24, 2.45) is 0 Å². The fourth-order valence-electron chi connectivity index (χ4n) is 5.44. The number of aromatic hydroxyl groups is 1. The van der Waals surface area contributed by atoms with Gasteiger partial charge < -0.3 is 29.8 Å². The minimum Gasteiger partial charge on any atom is -0.506 e. The van der Waals surface area contributed by atoms with Crippen LogP contribution in [0, 0.1) is 0 Å². The minimum atomic E-state index is -4.76. The third-order valence-corrected chi connectivity index (χ3v) is 7.15. The number of nitrogens with one attached hydrogen (secondary N) is 2. The first-order valence-electron chi connectivity index (χ1n) is 13.2. The Balaban J connectivity index is 1.29. The van der Waals surface area contributed by atoms with Crippen molar-refractivity contribution >= 4 is 34.2 Å². The van der Waals surface area contributed by atoms with Crippen molar-refractivity contribution in [1.29, 1.82) is 0 Å². The van der Waals surface area contributed by atoms with E-state index in [4.69, 9.17) is 4.42 Å². The molecule has 0 bridgehead atoms. The molecule has 2 aromatic carbocycles. The third-order valence-electron chi connectivity index (χ3n) is 7.15. The van der Waals surface area contributed by atoms with Gasteiger partial charge in [-0.1, -0.05) is 26.0 Å². The van der Waals surface area contributed by atoms with Crippen LogP contribution in [-0.4, -0.2) is 34.0 Å². The van der Waals surface area contributed by atoms with Gasteiger partial charge in [0.2, 0.25) is 5.89 Å². The molecule has 3 N–H and O–H groups in total. The Morgan fingerprint density at radius 3 is 2.64 bits per heavy atom. The Morgan fingerprint density at radius 2 is 1.90 bits per heavy atom. The molecule has 216 valence electrons. The van der Waals surface area contributed by atoms with Crippen LogP contribution in [0.2, 0.25) is 0 Å². The molecule has 2 aromatic heterocycles. The summed E-state index contributed by atoms with van der Waals surface area (Å²) in [6.07, 6.45) is 1.25. The van der Waals surface area contributed by atoms with Crippen molar-refractivity contribution in [2.75, 3.05) is 16.8 Å². The fourth-order valence-corrected chi connectivity index (χ4v) is 5.44. The van der Waals surface area contributed by atoms with E-state index in [0.29, 0.717) is 46.3 Å². The highest BCUT2D eigenvalue weighted by molar-refractivity contribution is 5.97. The number of hydrogen-bond acceptors (Lipinski definition) is 7. The van der Waals surface area contributed by atoms with E-state index in [2.05, 4.69) is 39.2 Å². The second kappa shape index (κ2) is 10.1. The number of hydrogen-bond donors (Lipinski definition) is 3. The van der Waals surface area contributed by atoms with Crippen molar-refractivity contribution in [3.63, 3.8) is 0 Å². The van der Waals surface area contributed by atoms with Crippen LogP contribution in [-0.2, 0) is 10.2 Å². The zero-order valence-corrected chi connectivity index (χ0v) is 22.6. The number of ether oxygens (including phenoxy) is 1. The Morgan fingerprint density at radius 1 is 1.10 bits per heavy atom. The number of phenols is 1. The first-order chi connectivity index (χ1) is 20.0. The number of phenolic OH excluding ortho intramolecular Hbond substituents is 1. The molecular weight excluding hydrogens is 551 g/mol. The van der Waals surface area contributed by atoms with E-state index in [1.54, 1.807) is 42.7 Å². The van der Waals surface area contributed by atoms with Crippen molar-refractivity contribution in [3.05, 3.63) is 84.0 Å². The summed E-state index contributed by atoms with van der Waals surface area (Å²) >= 11 is 0. The van der Waals surface area contributed by atoms with E-state index in [-0.39, 0.29) is 24.4 Å². The van der Waals surface area contributed by atoms with Crippen molar-refractivity contribution in [2.45, 2.75) is 38.5 Å². The molecule has 6 rings (SSSR count). The zero-order chi connectivity index (χ0) is 29.6. The van der Waals surface area contributed by atoms with E-state index in [9.17, 15) is 23.1 Å². The van der Waals surface area contributed by atoms with E-state index < -0.39 is 17.8 Å². The number of amides is 2. The summed E-state index contributed by atoms with van der Waals surface area (Å²) in [6, 6.07) is 11.7. The summed E-state index contributed by atoms with van der Waals surface area (Å²) in [6.45, 7) is 4.59. The van der Waals surface area contributed by atoms with Crippen LogP contribution in [0.5, 0.6) is 5.75 Å². The Hall–Kier alpha value is -5.00. The smallest absolute Gasteiger partial charge is 0.506 e.